The SMILES string of the molecule is Cc1nc(C)c(-c2nnc(CCCNC(C)(C)C)o2)s1. The van der Waals surface area contributed by atoms with Gasteiger partial charge in [-0.3, -0.25) is 0 Å². The van der Waals surface area contributed by atoms with Gasteiger partial charge < -0.3 is 9.73 Å². The van der Waals surface area contributed by atoms with Crippen molar-refractivity contribution in [3.8, 4) is 10.8 Å². The third kappa shape index (κ3) is 4.11. The fourth-order valence-corrected chi connectivity index (χ4v) is 2.72. The molecule has 0 bridgehead atoms. The molecule has 0 aliphatic heterocycles. The molecule has 110 valence electrons. The molecule has 20 heavy (non-hydrogen) atoms. The third-order valence-electron chi connectivity index (χ3n) is 2.79. The molecule has 1 N–H and O–H groups in total. The minimum absolute atomic E-state index is 0.150. The zero-order valence-corrected chi connectivity index (χ0v) is 13.6. The van der Waals surface area contributed by atoms with E-state index < -0.39 is 0 Å². The number of hydrogen-bond donors (Lipinski definition) is 1. The van der Waals surface area contributed by atoms with Crippen molar-refractivity contribution in [2.45, 2.75) is 53.0 Å². The van der Waals surface area contributed by atoms with Crippen molar-refractivity contribution >= 4 is 11.3 Å². The summed E-state index contributed by atoms with van der Waals surface area (Å²) in [5.41, 5.74) is 1.11. The molecule has 0 fully saturated rings. The van der Waals surface area contributed by atoms with E-state index in [-0.39, 0.29) is 5.54 Å². The highest BCUT2D eigenvalue weighted by atomic mass is 32.1. The van der Waals surface area contributed by atoms with Gasteiger partial charge in [0.15, 0.2) is 0 Å². The number of aryl methyl sites for hydroxylation is 3. The Kier molecular flexibility index (Phi) is 4.55. The van der Waals surface area contributed by atoms with Gasteiger partial charge in [0, 0.05) is 12.0 Å². The van der Waals surface area contributed by atoms with Crippen molar-refractivity contribution in [3.05, 3.63) is 16.6 Å². The summed E-state index contributed by atoms with van der Waals surface area (Å²) in [5.74, 6) is 1.29. The summed E-state index contributed by atoms with van der Waals surface area (Å²) in [6.45, 7) is 11.4. The molecule has 6 heteroatoms. The quantitative estimate of drug-likeness (QED) is 0.858. The van der Waals surface area contributed by atoms with Crippen molar-refractivity contribution in [3.63, 3.8) is 0 Å². The van der Waals surface area contributed by atoms with Crippen LogP contribution in [0, 0.1) is 13.8 Å². The Hall–Kier alpha value is -1.27. The maximum atomic E-state index is 5.72. The highest BCUT2D eigenvalue weighted by Crippen LogP contribution is 2.28. The summed E-state index contributed by atoms with van der Waals surface area (Å²) in [4.78, 5) is 5.36. The number of rotatable bonds is 5. The van der Waals surface area contributed by atoms with E-state index in [9.17, 15) is 0 Å². The highest BCUT2D eigenvalue weighted by molar-refractivity contribution is 7.15. The van der Waals surface area contributed by atoms with Gasteiger partial charge in [0.25, 0.3) is 5.89 Å². The molecule has 0 aromatic carbocycles. The van der Waals surface area contributed by atoms with Gasteiger partial charge in [-0.1, -0.05) is 0 Å². The Morgan fingerprint density at radius 2 is 1.95 bits per heavy atom. The molecule has 0 unspecified atom stereocenters. The topological polar surface area (TPSA) is 63.8 Å². The average molecular weight is 294 g/mol. The molecule has 0 saturated carbocycles. The first-order valence-electron chi connectivity index (χ1n) is 6.87. The smallest absolute Gasteiger partial charge is 0.259 e. The minimum Gasteiger partial charge on any atom is -0.420 e. The highest BCUT2D eigenvalue weighted by Gasteiger charge is 2.15. The summed E-state index contributed by atoms with van der Waals surface area (Å²) in [6, 6.07) is 0. The molecule has 2 aromatic rings. The Labute approximate surface area is 123 Å². The normalized spacial score (nSPS) is 12.1. The van der Waals surface area contributed by atoms with E-state index in [0.717, 1.165) is 35.0 Å². The number of nitrogens with one attached hydrogen (secondary N) is 1. The van der Waals surface area contributed by atoms with Gasteiger partial charge in [0.1, 0.15) is 4.88 Å². The summed E-state index contributed by atoms with van der Waals surface area (Å²) in [7, 11) is 0. The lowest BCUT2D eigenvalue weighted by Crippen LogP contribution is -2.36. The summed E-state index contributed by atoms with van der Waals surface area (Å²) in [6.07, 6.45) is 1.78. The predicted octanol–water partition coefficient (Wildman–Crippen LogP) is 3.13. The van der Waals surface area contributed by atoms with Crippen LogP contribution in [0.4, 0.5) is 0 Å². The molecule has 2 heterocycles. The van der Waals surface area contributed by atoms with Crippen LogP contribution < -0.4 is 5.32 Å². The number of aromatic nitrogens is 3. The van der Waals surface area contributed by atoms with Crippen LogP contribution in [-0.2, 0) is 6.42 Å². The van der Waals surface area contributed by atoms with Crippen molar-refractivity contribution in [2.75, 3.05) is 6.54 Å². The first-order chi connectivity index (χ1) is 9.35. The van der Waals surface area contributed by atoms with Crippen LogP contribution in [0.3, 0.4) is 0 Å². The summed E-state index contributed by atoms with van der Waals surface area (Å²) >= 11 is 1.59. The Bertz CT molecular complexity index is 568. The molecule has 5 nitrogen and oxygen atoms in total. The van der Waals surface area contributed by atoms with Crippen LogP contribution in [0.1, 0.15) is 43.8 Å². The van der Waals surface area contributed by atoms with Crippen molar-refractivity contribution in [2.24, 2.45) is 0 Å². The lowest BCUT2D eigenvalue weighted by Gasteiger charge is -2.19. The van der Waals surface area contributed by atoms with Crippen LogP contribution >= 0.6 is 11.3 Å². The average Bonchev–Trinajstić information content (AvgIpc) is 2.90. The minimum atomic E-state index is 0.150. The van der Waals surface area contributed by atoms with Crippen molar-refractivity contribution < 1.29 is 4.42 Å². The zero-order chi connectivity index (χ0) is 14.8. The van der Waals surface area contributed by atoms with E-state index >= 15 is 0 Å². The first kappa shape index (κ1) is 15.1. The van der Waals surface area contributed by atoms with Gasteiger partial charge in [-0.25, -0.2) is 4.98 Å². The zero-order valence-electron chi connectivity index (χ0n) is 12.8. The molecule has 0 atom stereocenters. The standard InChI is InChI=1S/C14H22N4OS/c1-9-12(20-10(2)16-9)13-18-17-11(19-13)7-6-8-15-14(3,4)5/h15H,6-8H2,1-5H3. The van der Waals surface area contributed by atoms with Crippen LogP contribution in [-0.4, -0.2) is 27.3 Å². The fraction of sp³-hybridized carbons (Fsp3) is 0.643. The monoisotopic (exact) mass is 294 g/mol. The first-order valence-corrected chi connectivity index (χ1v) is 7.68. The molecule has 0 saturated heterocycles. The number of nitrogens with zero attached hydrogens (tertiary/aromatic N) is 3. The van der Waals surface area contributed by atoms with Crippen LogP contribution in [0.15, 0.2) is 4.42 Å². The van der Waals surface area contributed by atoms with Gasteiger partial charge in [-0.2, -0.15) is 0 Å². The Morgan fingerprint density at radius 3 is 2.55 bits per heavy atom. The van der Waals surface area contributed by atoms with Gasteiger partial charge in [0.2, 0.25) is 5.89 Å². The van der Waals surface area contributed by atoms with E-state index in [2.05, 4.69) is 41.3 Å². The molecular weight excluding hydrogens is 272 g/mol. The van der Waals surface area contributed by atoms with E-state index in [1.54, 1.807) is 11.3 Å². The second-order valence-corrected chi connectivity index (χ2v) is 7.13. The lowest BCUT2D eigenvalue weighted by atomic mass is 10.1. The third-order valence-corrected chi connectivity index (χ3v) is 3.85. The van der Waals surface area contributed by atoms with Gasteiger partial charge in [0.05, 0.1) is 10.7 Å². The van der Waals surface area contributed by atoms with Gasteiger partial charge in [-0.15, -0.1) is 21.5 Å². The maximum absolute atomic E-state index is 5.72. The van der Waals surface area contributed by atoms with Crippen molar-refractivity contribution in [1.29, 1.82) is 0 Å². The summed E-state index contributed by atoms with van der Waals surface area (Å²) in [5, 5.41) is 12.7. The number of hydrogen-bond acceptors (Lipinski definition) is 6. The van der Waals surface area contributed by atoms with E-state index in [1.807, 2.05) is 13.8 Å². The molecule has 0 amide bonds. The lowest BCUT2D eigenvalue weighted by molar-refractivity contribution is 0.413. The fourth-order valence-electron chi connectivity index (χ4n) is 1.88. The maximum Gasteiger partial charge on any atom is 0.259 e. The largest absolute Gasteiger partial charge is 0.420 e. The molecular formula is C14H22N4OS. The van der Waals surface area contributed by atoms with Crippen LogP contribution in [0.5, 0.6) is 0 Å². The Morgan fingerprint density at radius 1 is 1.20 bits per heavy atom. The molecule has 0 spiro atoms. The van der Waals surface area contributed by atoms with E-state index in [0.29, 0.717) is 11.8 Å². The predicted molar refractivity (Wildman–Crippen MR) is 81.0 cm³/mol. The molecule has 0 aliphatic rings. The molecule has 2 rings (SSSR count). The van der Waals surface area contributed by atoms with Crippen LogP contribution in [0.2, 0.25) is 0 Å². The second-order valence-electron chi connectivity index (χ2n) is 5.93. The van der Waals surface area contributed by atoms with Gasteiger partial charge >= 0.3 is 0 Å². The molecule has 2 aromatic heterocycles. The Balaban J connectivity index is 1.91. The molecule has 0 radical (unpaired) electrons. The number of thiazole rings is 1. The van der Waals surface area contributed by atoms with Crippen molar-refractivity contribution in [1.82, 2.24) is 20.5 Å². The summed E-state index contributed by atoms with van der Waals surface area (Å²) < 4.78 is 5.72. The van der Waals surface area contributed by atoms with E-state index in [1.165, 1.54) is 0 Å². The molecule has 0 aliphatic carbocycles. The second kappa shape index (κ2) is 6.01. The van der Waals surface area contributed by atoms with E-state index in [4.69, 9.17) is 4.42 Å². The van der Waals surface area contributed by atoms with Crippen LogP contribution in [0.25, 0.3) is 10.8 Å². The van der Waals surface area contributed by atoms with Gasteiger partial charge in [-0.05, 0) is 47.6 Å².